The summed E-state index contributed by atoms with van der Waals surface area (Å²) in [4.78, 5) is 0. The summed E-state index contributed by atoms with van der Waals surface area (Å²) in [5, 5.41) is 0. The third-order valence-corrected chi connectivity index (χ3v) is 11.8. The third kappa shape index (κ3) is 7.46. The van der Waals surface area contributed by atoms with Gasteiger partial charge in [-0.05, 0) is 0 Å². The molecule has 0 unspecified atom stereocenters. The molecule has 6 rings (SSSR count). The fourth-order valence-electron chi connectivity index (χ4n) is 4.75. The molecule has 0 aliphatic rings. The van der Waals surface area contributed by atoms with Crippen molar-refractivity contribution in [3.63, 3.8) is 0 Å². The van der Waals surface area contributed by atoms with Crippen LogP contribution in [0.4, 0.5) is 0 Å². The predicted octanol–water partition coefficient (Wildman–Crippen LogP) is 0.831. The molecule has 6 aromatic rings. The SMILES string of the molecule is [Br-].[Br-].[Mg+2].c1ccc(-c2ccc([As](c3ccc(-c4ccccc4)cc3)c3ccc(-c4ccccc4)cc3)cc2)cc1. The Morgan fingerprint density at radius 1 is 0.250 bits per heavy atom. The number of benzene rings is 6. The summed E-state index contributed by atoms with van der Waals surface area (Å²) in [7, 11) is 0. The first-order valence-corrected chi connectivity index (χ1v) is 15.4. The summed E-state index contributed by atoms with van der Waals surface area (Å²) in [6.07, 6.45) is 0. The topological polar surface area (TPSA) is 0 Å². The molecular weight excluding hydrogens is 691 g/mol. The average Bonchev–Trinajstić information content (AvgIpc) is 3.00. The first-order chi connectivity index (χ1) is 18.3. The standard InChI is InChI=1S/C36H27As.2BrH.Mg/c1-4-10-28(11-5-1)31-16-22-34(23-17-31)37(35-24-18-32(19-25-35)29-12-6-2-7-13-29)36-26-20-33(21-27-36)30-14-8-3-9-15-30;;;/h1-27H;2*1H;/q;;;+2/p-2. The maximum atomic E-state index is 2.35. The Morgan fingerprint density at radius 2 is 0.450 bits per heavy atom. The maximum absolute atomic E-state index is 2.35. The molecular formula is C36H27AsBr2Mg. The Labute approximate surface area is 279 Å². The van der Waals surface area contributed by atoms with Crippen LogP contribution in [0.15, 0.2) is 164 Å². The molecule has 0 atom stereocenters. The first-order valence-electron chi connectivity index (χ1n) is 12.6. The van der Waals surface area contributed by atoms with Gasteiger partial charge in [0.2, 0.25) is 0 Å². The van der Waals surface area contributed by atoms with Crippen molar-refractivity contribution in [2.45, 2.75) is 0 Å². The zero-order chi connectivity index (χ0) is 24.9. The van der Waals surface area contributed by atoms with Gasteiger partial charge in [0.1, 0.15) is 0 Å². The molecule has 0 nitrogen and oxygen atoms in total. The molecule has 0 spiro atoms. The Kier molecular flexibility index (Phi) is 12.5. The van der Waals surface area contributed by atoms with E-state index in [1.807, 2.05) is 0 Å². The molecule has 6 aromatic carbocycles. The van der Waals surface area contributed by atoms with Crippen LogP contribution < -0.4 is 47.0 Å². The van der Waals surface area contributed by atoms with Crippen LogP contribution in [-0.4, -0.2) is 37.7 Å². The van der Waals surface area contributed by atoms with Gasteiger partial charge in [0.05, 0.1) is 0 Å². The number of halogens is 2. The van der Waals surface area contributed by atoms with Crippen LogP contribution >= 0.6 is 0 Å². The van der Waals surface area contributed by atoms with E-state index < -0.39 is 14.7 Å². The molecule has 0 aromatic heterocycles. The zero-order valence-corrected chi connectivity index (χ0v) is 28.5. The van der Waals surface area contributed by atoms with Crippen LogP contribution in [0.3, 0.4) is 0 Å². The third-order valence-electron chi connectivity index (χ3n) is 6.70. The van der Waals surface area contributed by atoms with Crippen molar-refractivity contribution in [3.8, 4) is 33.4 Å². The fraction of sp³-hybridized carbons (Fsp3) is 0. The van der Waals surface area contributed by atoms with Gasteiger partial charge in [0, 0.05) is 0 Å². The first kappa shape index (κ1) is 32.1. The van der Waals surface area contributed by atoms with E-state index in [0.29, 0.717) is 0 Å². The Hall–Kier alpha value is -2.40. The molecule has 0 saturated heterocycles. The monoisotopic (exact) mass is 716 g/mol. The van der Waals surface area contributed by atoms with Crippen molar-refractivity contribution in [2.75, 3.05) is 0 Å². The molecule has 0 fully saturated rings. The van der Waals surface area contributed by atoms with Crippen molar-refractivity contribution in [2.24, 2.45) is 0 Å². The average molecular weight is 719 g/mol. The summed E-state index contributed by atoms with van der Waals surface area (Å²) in [5.41, 5.74) is 7.55. The second-order valence-electron chi connectivity index (χ2n) is 9.07. The molecule has 0 heterocycles. The molecule has 0 radical (unpaired) electrons. The zero-order valence-electron chi connectivity index (χ0n) is 22.0. The van der Waals surface area contributed by atoms with Crippen LogP contribution in [0.5, 0.6) is 0 Å². The van der Waals surface area contributed by atoms with E-state index in [0.717, 1.165) is 0 Å². The van der Waals surface area contributed by atoms with Crippen molar-refractivity contribution in [3.05, 3.63) is 164 Å². The molecule has 40 heavy (non-hydrogen) atoms. The fourth-order valence-corrected chi connectivity index (χ4v) is 9.44. The molecule has 0 saturated carbocycles. The number of hydrogen-bond donors (Lipinski definition) is 0. The van der Waals surface area contributed by atoms with Gasteiger partial charge in [-0.3, -0.25) is 0 Å². The van der Waals surface area contributed by atoms with E-state index in [9.17, 15) is 0 Å². The summed E-state index contributed by atoms with van der Waals surface area (Å²) in [6, 6.07) is 59.6. The van der Waals surface area contributed by atoms with Gasteiger partial charge >= 0.3 is 248 Å². The number of rotatable bonds is 6. The van der Waals surface area contributed by atoms with Gasteiger partial charge in [-0.1, -0.05) is 0 Å². The quantitative estimate of drug-likeness (QED) is 0.224. The van der Waals surface area contributed by atoms with Crippen molar-refractivity contribution >= 4 is 50.8 Å². The van der Waals surface area contributed by atoms with Crippen molar-refractivity contribution in [1.29, 1.82) is 0 Å². The molecule has 0 N–H and O–H groups in total. The van der Waals surface area contributed by atoms with E-state index in [1.54, 1.807) is 0 Å². The molecule has 4 heteroatoms. The summed E-state index contributed by atoms with van der Waals surface area (Å²) >= 11 is -1.74. The summed E-state index contributed by atoms with van der Waals surface area (Å²) in [6.45, 7) is 0. The Balaban J connectivity index is 0.00000147. The van der Waals surface area contributed by atoms with Crippen molar-refractivity contribution < 1.29 is 34.0 Å². The van der Waals surface area contributed by atoms with Gasteiger partial charge in [0.15, 0.2) is 0 Å². The van der Waals surface area contributed by atoms with E-state index in [1.165, 1.54) is 46.4 Å². The Morgan fingerprint density at radius 3 is 0.675 bits per heavy atom. The molecule has 0 aliphatic carbocycles. The van der Waals surface area contributed by atoms with Gasteiger partial charge in [-0.15, -0.1) is 0 Å². The molecule has 0 amide bonds. The van der Waals surface area contributed by atoms with E-state index >= 15 is 0 Å². The van der Waals surface area contributed by atoms with Gasteiger partial charge in [0.25, 0.3) is 0 Å². The van der Waals surface area contributed by atoms with Crippen molar-refractivity contribution in [1.82, 2.24) is 0 Å². The summed E-state index contributed by atoms with van der Waals surface area (Å²) < 4.78 is 4.31. The van der Waals surface area contributed by atoms with Crippen LogP contribution in [0.2, 0.25) is 0 Å². The van der Waals surface area contributed by atoms with E-state index in [4.69, 9.17) is 0 Å². The predicted molar refractivity (Wildman–Crippen MR) is 166 cm³/mol. The van der Waals surface area contributed by atoms with Gasteiger partial charge in [-0.2, -0.15) is 0 Å². The second-order valence-corrected chi connectivity index (χ2v) is 13.7. The van der Waals surface area contributed by atoms with Crippen LogP contribution in [0.1, 0.15) is 0 Å². The van der Waals surface area contributed by atoms with Crippen LogP contribution in [0.25, 0.3) is 33.4 Å². The van der Waals surface area contributed by atoms with Crippen LogP contribution in [-0.2, 0) is 0 Å². The van der Waals surface area contributed by atoms with Gasteiger partial charge in [-0.25, -0.2) is 0 Å². The van der Waals surface area contributed by atoms with Gasteiger partial charge < -0.3 is 34.0 Å². The minimum absolute atomic E-state index is 0. The minimum atomic E-state index is -1.74. The number of hydrogen-bond acceptors (Lipinski definition) is 0. The summed E-state index contributed by atoms with van der Waals surface area (Å²) in [5.74, 6) is 0. The Bertz CT molecular complexity index is 1370. The molecule has 192 valence electrons. The molecule has 0 aliphatic heterocycles. The normalized spacial score (nSPS) is 10.1. The molecule has 0 bridgehead atoms. The van der Waals surface area contributed by atoms with E-state index in [2.05, 4.69) is 164 Å². The van der Waals surface area contributed by atoms with Crippen LogP contribution in [0, 0.1) is 0 Å². The second kappa shape index (κ2) is 15.6. The van der Waals surface area contributed by atoms with E-state index in [-0.39, 0.29) is 57.0 Å².